The normalized spacial score (nSPS) is 11.6. The molecule has 2 heterocycles. The number of benzene rings is 1. The van der Waals surface area contributed by atoms with Gasteiger partial charge in [-0.25, -0.2) is 4.79 Å². The summed E-state index contributed by atoms with van der Waals surface area (Å²) in [6.45, 7) is 3.05. The van der Waals surface area contributed by atoms with E-state index in [-0.39, 0.29) is 5.56 Å². The Morgan fingerprint density at radius 2 is 1.23 bits per heavy atom. The minimum atomic E-state index is -0.487. The minimum absolute atomic E-state index is 0.272. The van der Waals surface area contributed by atoms with Crippen molar-refractivity contribution in [1.29, 1.82) is 0 Å². The molecule has 0 radical (unpaired) electrons. The van der Waals surface area contributed by atoms with Gasteiger partial charge in [0.05, 0.1) is 5.56 Å². The zero-order valence-electron chi connectivity index (χ0n) is 22.1. The largest absolute Gasteiger partial charge is 0.352 e. The third-order valence-corrected chi connectivity index (χ3v) is 7.28. The number of aryl methyl sites for hydroxylation is 1. The molecule has 0 spiro atoms. The van der Waals surface area contributed by atoms with Crippen LogP contribution in [-0.2, 0) is 13.6 Å². The Labute approximate surface area is 210 Å². The maximum atomic E-state index is 12.7. The van der Waals surface area contributed by atoms with Crippen molar-refractivity contribution in [1.82, 2.24) is 14.1 Å². The molecule has 0 unspecified atom stereocenters. The average Bonchev–Trinajstić information content (AvgIpc) is 2.87. The highest BCUT2D eigenvalue weighted by atomic mass is 16.2. The highest BCUT2D eigenvalue weighted by Crippen LogP contribution is 2.24. The second kappa shape index (κ2) is 14.9. The summed E-state index contributed by atoms with van der Waals surface area (Å²) in [5.74, 6) is 0.512. The first-order chi connectivity index (χ1) is 17.1. The van der Waals surface area contributed by atoms with Crippen molar-refractivity contribution in [3.8, 4) is 11.4 Å². The standard InChI is InChI=1S/C30H45N3O2/c1-3-4-5-6-7-8-9-10-11-12-13-14-15-16-17-20-23-33-27-22-19-18-21-25(27)24-26-28(33)31-30(35)32(2)29(26)34/h18-19,21-22,24H,3-17,20,23H2,1-2H3. The van der Waals surface area contributed by atoms with Crippen LogP contribution in [0.3, 0.4) is 0 Å². The summed E-state index contributed by atoms with van der Waals surface area (Å²) in [7, 11) is 1.49. The van der Waals surface area contributed by atoms with Crippen LogP contribution in [0.2, 0.25) is 0 Å². The van der Waals surface area contributed by atoms with Crippen molar-refractivity contribution in [3.05, 3.63) is 51.2 Å². The van der Waals surface area contributed by atoms with Crippen molar-refractivity contribution in [3.63, 3.8) is 0 Å². The van der Waals surface area contributed by atoms with Gasteiger partial charge in [0.25, 0.3) is 5.56 Å². The van der Waals surface area contributed by atoms with Gasteiger partial charge >= 0.3 is 5.69 Å². The maximum Gasteiger partial charge on any atom is 0.352 e. The van der Waals surface area contributed by atoms with Crippen LogP contribution in [0.1, 0.15) is 110 Å². The van der Waals surface area contributed by atoms with Crippen LogP contribution >= 0.6 is 0 Å². The van der Waals surface area contributed by atoms with Gasteiger partial charge in [-0.1, -0.05) is 121 Å². The molecule has 0 atom stereocenters. The van der Waals surface area contributed by atoms with Crippen molar-refractivity contribution < 1.29 is 0 Å². The molecule has 35 heavy (non-hydrogen) atoms. The second-order valence-corrected chi connectivity index (χ2v) is 10.2. The van der Waals surface area contributed by atoms with Gasteiger partial charge in [-0.05, 0) is 23.9 Å². The summed E-state index contributed by atoms with van der Waals surface area (Å²) < 4.78 is 3.16. The Kier molecular flexibility index (Phi) is 11.5. The van der Waals surface area contributed by atoms with E-state index in [0.29, 0.717) is 11.4 Å². The first kappa shape index (κ1) is 27.2. The van der Waals surface area contributed by atoms with E-state index < -0.39 is 5.69 Å². The van der Waals surface area contributed by atoms with Crippen LogP contribution < -0.4 is 11.2 Å². The smallest absolute Gasteiger partial charge is 0.325 e. The second-order valence-electron chi connectivity index (χ2n) is 10.2. The molecule has 0 saturated heterocycles. The fourth-order valence-electron chi connectivity index (χ4n) is 5.09. The zero-order chi connectivity index (χ0) is 24.9. The van der Waals surface area contributed by atoms with E-state index in [1.54, 1.807) is 0 Å². The van der Waals surface area contributed by atoms with Crippen molar-refractivity contribution in [2.24, 2.45) is 7.05 Å². The Hall–Kier alpha value is -2.43. The molecule has 0 bridgehead atoms. The van der Waals surface area contributed by atoms with E-state index in [1.807, 2.05) is 30.3 Å². The molecule has 0 aliphatic carbocycles. The number of fused-ring (bicyclic) bond motifs is 2. The Morgan fingerprint density at radius 3 is 1.80 bits per heavy atom. The molecule has 5 nitrogen and oxygen atoms in total. The monoisotopic (exact) mass is 479 g/mol. The predicted octanol–water partition coefficient (Wildman–Crippen LogP) is 7.46. The van der Waals surface area contributed by atoms with E-state index in [1.165, 1.54) is 96.9 Å². The summed E-state index contributed by atoms with van der Waals surface area (Å²) in [5, 5.41) is 1.01. The summed E-state index contributed by atoms with van der Waals surface area (Å²) in [6, 6.07) is 9.91. The van der Waals surface area contributed by atoms with Crippen LogP contribution in [0.25, 0.3) is 22.3 Å². The Morgan fingerprint density at radius 1 is 0.714 bits per heavy atom. The molecule has 2 aliphatic rings. The summed E-state index contributed by atoms with van der Waals surface area (Å²) >= 11 is 0. The lowest BCUT2D eigenvalue weighted by molar-refractivity contribution is 0.522. The third-order valence-electron chi connectivity index (χ3n) is 7.28. The van der Waals surface area contributed by atoms with E-state index in [2.05, 4.69) is 16.5 Å². The molecular weight excluding hydrogens is 434 g/mol. The van der Waals surface area contributed by atoms with E-state index in [4.69, 9.17) is 0 Å². The number of hydrogen-bond donors (Lipinski definition) is 0. The Balaban J connectivity index is 1.36. The average molecular weight is 480 g/mol. The number of rotatable bonds is 17. The molecule has 0 aromatic heterocycles. The van der Waals surface area contributed by atoms with Crippen LogP contribution in [0.5, 0.6) is 0 Å². The fourth-order valence-corrected chi connectivity index (χ4v) is 5.09. The van der Waals surface area contributed by atoms with Gasteiger partial charge in [0.1, 0.15) is 0 Å². The molecule has 5 heteroatoms. The van der Waals surface area contributed by atoms with Crippen molar-refractivity contribution in [2.75, 3.05) is 0 Å². The maximum absolute atomic E-state index is 12.7. The molecule has 1 aromatic carbocycles. The van der Waals surface area contributed by atoms with Crippen LogP contribution in [-0.4, -0.2) is 14.1 Å². The fraction of sp³-hybridized carbons (Fsp3) is 0.633. The highest BCUT2D eigenvalue weighted by Gasteiger charge is 2.18. The van der Waals surface area contributed by atoms with Gasteiger partial charge in [0.2, 0.25) is 0 Å². The quantitative estimate of drug-likeness (QED) is 0.149. The lowest BCUT2D eigenvalue weighted by atomic mass is 10.0. The van der Waals surface area contributed by atoms with E-state index in [9.17, 15) is 9.59 Å². The number of pyridine rings is 1. The van der Waals surface area contributed by atoms with Gasteiger partial charge in [-0.3, -0.25) is 9.36 Å². The Bertz CT molecular complexity index is 1110. The molecule has 0 N–H and O–H groups in total. The molecule has 0 saturated carbocycles. The predicted molar refractivity (Wildman–Crippen MR) is 147 cm³/mol. The van der Waals surface area contributed by atoms with E-state index >= 15 is 0 Å². The number of aromatic nitrogens is 3. The SMILES string of the molecule is CCCCCCCCCCCCCCCCCCn1c2nc(=O)n(C)c(=O)c-2cc2ccccc21. The summed E-state index contributed by atoms with van der Waals surface area (Å²) in [5.41, 5.74) is 0.786. The first-order valence-corrected chi connectivity index (χ1v) is 14.1. The number of hydrogen-bond acceptors (Lipinski definition) is 3. The summed E-state index contributed by atoms with van der Waals surface area (Å²) in [6.07, 6.45) is 21.5. The molecule has 0 amide bonds. The lowest BCUT2D eigenvalue weighted by Crippen LogP contribution is -2.35. The number of nitrogens with zero attached hydrogens (tertiary/aromatic N) is 3. The van der Waals surface area contributed by atoms with Crippen LogP contribution in [0, 0.1) is 0 Å². The van der Waals surface area contributed by atoms with Gasteiger partial charge in [0, 0.05) is 19.1 Å². The van der Waals surface area contributed by atoms with E-state index in [0.717, 1.165) is 34.9 Å². The molecule has 2 aliphatic heterocycles. The van der Waals surface area contributed by atoms with Crippen molar-refractivity contribution in [2.45, 2.75) is 116 Å². The molecule has 192 valence electrons. The van der Waals surface area contributed by atoms with Crippen LogP contribution in [0.4, 0.5) is 0 Å². The van der Waals surface area contributed by atoms with Gasteiger partial charge in [0.15, 0.2) is 5.82 Å². The topological polar surface area (TPSA) is 56.9 Å². The molecule has 3 rings (SSSR count). The van der Waals surface area contributed by atoms with Crippen LogP contribution in [0.15, 0.2) is 39.9 Å². The van der Waals surface area contributed by atoms with Crippen molar-refractivity contribution >= 4 is 10.9 Å². The molecule has 0 fully saturated rings. The van der Waals surface area contributed by atoms with Gasteiger partial charge in [-0.15, -0.1) is 0 Å². The third kappa shape index (κ3) is 8.05. The highest BCUT2D eigenvalue weighted by molar-refractivity contribution is 5.85. The summed E-state index contributed by atoms with van der Waals surface area (Å²) in [4.78, 5) is 29.1. The number of para-hydroxylation sites is 1. The minimum Gasteiger partial charge on any atom is -0.325 e. The van der Waals surface area contributed by atoms with Gasteiger partial charge < -0.3 is 4.57 Å². The zero-order valence-corrected chi connectivity index (χ0v) is 22.1. The molecule has 1 aromatic rings. The first-order valence-electron chi connectivity index (χ1n) is 14.1. The number of unbranched alkanes of at least 4 members (excludes halogenated alkanes) is 15. The van der Waals surface area contributed by atoms with Gasteiger partial charge in [-0.2, -0.15) is 4.98 Å². The molecular formula is C30H45N3O2. The lowest BCUT2D eigenvalue weighted by Gasteiger charge is -2.18.